The molecule has 7 nitrogen and oxygen atoms in total. The smallest absolute Gasteiger partial charge is 0.274 e. The highest BCUT2D eigenvalue weighted by Gasteiger charge is 2.23. The topological polar surface area (TPSA) is 99.8 Å². The molecule has 2 aromatic carbocycles. The normalized spacial score (nSPS) is 13.2. The lowest BCUT2D eigenvalue weighted by Crippen LogP contribution is -2.44. The fourth-order valence-corrected chi connectivity index (χ4v) is 2.48. The molecule has 1 unspecified atom stereocenters. The van der Waals surface area contributed by atoms with Crippen molar-refractivity contribution in [3.63, 3.8) is 0 Å². The van der Waals surface area contributed by atoms with E-state index in [9.17, 15) is 15.2 Å². The molecular formula is C19H25IN4O3. The summed E-state index contributed by atoms with van der Waals surface area (Å²) < 4.78 is 0. The van der Waals surface area contributed by atoms with Crippen LogP contribution in [0.5, 0.6) is 0 Å². The van der Waals surface area contributed by atoms with Gasteiger partial charge in [0.1, 0.15) is 5.60 Å². The molecule has 8 heteroatoms. The molecule has 0 saturated carbocycles. The molecule has 0 heterocycles. The second kappa shape index (κ2) is 10.8. The van der Waals surface area contributed by atoms with Crippen LogP contribution in [0.2, 0.25) is 0 Å². The zero-order valence-electron chi connectivity index (χ0n) is 15.4. The fourth-order valence-electron chi connectivity index (χ4n) is 2.48. The van der Waals surface area contributed by atoms with E-state index < -0.39 is 10.5 Å². The maximum atomic E-state index is 11.1. The van der Waals surface area contributed by atoms with Gasteiger partial charge in [-0.15, -0.1) is 24.0 Å². The minimum atomic E-state index is -1.07. The van der Waals surface area contributed by atoms with Gasteiger partial charge >= 0.3 is 0 Å². The van der Waals surface area contributed by atoms with Crippen LogP contribution in [0.25, 0.3) is 0 Å². The second-order valence-electron chi connectivity index (χ2n) is 6.07. The summed E-state index contributed by atoms with van der Waals surface area (Å²) >= 11 is 0. The molecule has 3 N–H and O–H groups in total. The highest BCUT2D eigenvalue weighted by molar-refractivity contribution is 14.0. The Morgan fingerprint density at radius 3 is 2.41 bits per heavy atom. The number of nitrogens with zero attached hydrogens (tertiary/aromatic N) is 2. The molecule has 1 atom stereocenters. The van der Waals surface area contributed by atoms with E-state index >= 15 is 0 Å². The number of guanidine groups is 1. The average Bonchev–Trinajstić information content (AvgIpc) is 2.65. The maximum absolute atomic E-state index is 11.1. The van der Waals surface area contributed by atoms with Gasteiger partial charge in [0, 0.05) is 12.6 Å². The summed E-state index contributed by atoms with van der Waals surface area (Å²) in [6.07, 6.45) is 0. The number of nitro benzene ring substituents is 1. The Labute approximate surface area is 176 Å². The monoisotopic (exact) mass is 484 g/mol. The molecule has 146 valence electrons. The van der Waals surface area contributed by atoms with Gasteiger partial charge in [-0.3, -0.25) is 10.1 Å². The lowest BCUT2D eigenvalue weighted by molar-refractivity contribution is -0.385. The van der Waals surface area contributed by atoms with Crippen LogP contribution in [-0.4, -0.2) is 29.1 Å². The minimum absolute atomic E-state index is 0. The number of nitrogens with one attached hydrogen (secondary N) is 2. The standard InChI is InChI=1S/C19H24N4O3.HI/c1-3-20-18(21-13-15-9-7-8-12-17(15)23(25)26)22-14-19(2,24)16-10-5-4-6-11-16;/h4-12,24H,3,13-14H2,1-2H3,(H2,20,21,22);1H. The molecule has 2 rings (SSSR count). The van der Waals surface area contributed by atoms with E-state index in [2.05, 4.69) is 15.6 Å². The zero-order chi connectivity index (χ0) is 19.0. The third kappa shape index (κ3) is 6.79. The number of hydrogen-bond donors (Lipinski definition) is 3. The summed E-state index contributed by atoms with van der Waals surface area (Å²) in [7, 11) is 0. The number of aliphatic hydroxyl groups is 1. The van der Waals surface area contributed by atoms with Crippen LogP contribution < -0.4 is 10.6 Å². The Kier molecular flexibility index (Phi) is 9.16. The van der Waals surface area contributed by atoms with Crippen LogP contribution in [0.4, 0.5) is 5.69 Å². The Hall–Kier alpha value is -2.20. The van der Waals surface area contributed by atoms with E-state index in [0.717, 1.165) is 5.56 Å². The van der Waals surface area contributed by atoms with E-state index in [4.69, 9.17) is 0 Å². The summed E-state index contributed by atoms with van der Waals surface area (Å²) in [4.78, 5) is 15.1. The lowest BCUT2D eigenvalue weighted by Gasteiger charge is -2.25. The summed E-state index contributed by atoms with van der Waals surface area (Å²) in [5.74, 6) is 0.488. The van der Waals surface area contributed by atoms with Gasteiger partial charge in [-0.1, -0.05) is 48.5 Å². The Balaban J connectivity index is 0.00000364. The van der Waals surface area contributed by atoms with E-state index in [-0.39, 0.29) is 42.8 Å². The third-order valence-electron chi connectivity index (χ3n) is 3.94. The van der Waals surface area contributed by atoms with Crippen molar-refractivity contribution in [2.24, 2.45) is 4.99 Å². The molecule has 2 aromatic rings. The molecule has 0 aliphatic carbocycles. The van der Waals surface area contributed by atoms with Crippen LogP contribution in [-0.2, 0) is 12.1 Å². The minimum Gasteiger partial charge on any atom is -0.384 e. The molecule has 0 saturated heterocycles. The summed E-state index contributed by atoms with van der Waals surface area (Å²) in [6, 6.07) is 15.9. The molecule has 27 heavy (non-hydrogen) atoms. The predicted octanol–water partition coefficient (Wildman–Crippen LogP) is 3.18. The van der Waals surface area contributed by atoms with Gasteiger partial charge in [-0.2, -0.15) is 0 Å². The van der Waals surface area contributed by atoms with Crippen molar-refractivity contribution in [3.8, 4) is 0 Å². The van der Waals surface area contributed by atoms with Crippen molar-refractivity contribution in [2.45, 2.75) is 26.0 Å². The van der Waals surface area contributed by atoms with Gasteiger partial charge in [0.2, 0.25) is 0 Å². The van der Waals surface area contributed by atoms with Crippen molar-refractivity contribution in [1.82, 2.24) is 10.6 Å². The Morgan fingerprint density at radius 1 is 1.15 bits per heavy atom. The van der Waals surface area contributed by atoms with Crippen LogP contribution >= 0.6 is 24.0 Å². The van der Waals surface area contributed by atoms with Crippen LogP contribution in [0, 0.1) is 10.1 Å². The van der Waals surface area contributed by atoms with Gasteiger partial charge < -0.3 is 15.7 Å². The molecule has 0 spiro atoms. The Morgan fingerprint density at radius 2 is 1.78 bits per heavy atom. The third-order valence-corrected chi connectivity index (χ3v) is 3.94. The average molecular weight is 484 g/mol. The highest BCUT2D eigenvalue weighted by atomic mass is 127. The van der Waals surface area contributed by atoms with Crippen LogP contribution in [0.15, 0.2) is 59.6 Å². The number of aliphatic imine (C=N–C) groups is 1. The van der Waals surface area contributed by atoms with Crippen molar-refractivity contribution in [3.05, 3.63) is 75.8 Å². The van der Waals surface area contributed by atoms with E-state index in [1.54, 1.807) is 25.1 Å². The molecule has 0 radical (unpaired) electrons. The van der Waals surface area contributed by atoms with Crippen molar-refractivity contribution in [2.75, 3.05) is 13.1 Å². The highest BCUT2D eigenvalue weighted by Crippen LogP contribution is 2.20. The summed E-state index contributed by atoms with van der Waals surface area (Å²) in [5, 5.41) is 28.0. The van der Waals surface area contributed by atoms with Gasteiger partial charge in [-0.05, 0) is 19.4 Å². The number of rotatable bonds is 7. The van der Waals surface area contributed by atoms with Crippen molar-refractivity contribution in [1.29, 1.82) is 0 Å². The molecule has 0 aliphatic rings. The van der Waals surface area contributed by atoms with Gasteiger partial charge in [0.25, 0.3) is 5.69 Å². The lowest BCUT2D eigenvalue weighted by atomic mass is 9.96. The number of hydrogen-bond acceptors (Lipinski definition) is 4. The number of halogens is 1. The van der Waals surface area contributed by atoms with Gasteiger partial charge in [-0.25, -0.2) is 4.99 Å². The molecule has 0 amide bonds. The number of nitro groups is 1. The first-order chi connectivity index (χ1) is 12.4. The van der Waals surface area contributed by atoms with Gasteiger partial charge in [0.05, 0.1) is 23.6 Å². The predicted molar refractivity (Wildman–Crippen MR) is 117 cm³/mol. The first-order valence-corrected chi connectivity index (χ1v) is 8.46. The fraction of sp³-hybridized carbons (Fsp3) is 0.316. The van der Waals surface area contributed by atoms with E-state index in [0.29, 0.717) is 18.1 Å². The molecule has 0 fully saturated rings. The van der Waals surface area contributed by atoms with E-state index in [1.165, 1.54) is 6.07 Å². The van der Waals surface area contributed by atoms with Gasteiger partial charge in [0.15, 0.2) is 5.96 Å². The van der Waals surface area contributed by atoms with Crippen molar-refractivity contribution >= 4 is 35.6 Å². The molecule has 0 bridgehead atoms. The summed E-state index contributed by atoms with van der Waals surface area (Å²) in [5.41, 5.74) is 0.297. The zero-order valence-corrected chi connectivity index (χ0v) is 17.7. The number of benzene rings is 2. The Bertz CT molecular complexity index is 767. The molecule has 0 aromatic heterocycles. The van der Waals surface area contributed by atoms with Crippen LogP contribution in [0.3, 0.4) is 0 Å². The maximum Gasteiger partial charge on any atom is 0.274 e. The first-order valence-electron chi connectivity index (χ1n) is 8.46. The molecular weight excluding hydrogens is 459 g/mol. The SMILES string of the molecule is CCNC(=NCc1ccccc1[N+](=O)[O-])NCC(C)(O)c1ccccc1.I. The molecule has 0 aliphatic heterocycles. The number of para-hydroxylation sites is 1. The quantitative estimate of drug-likeness (QED) is 0.184. The first kappa shape index (κ1) is 22.8. The summed E-state index contributed by atoms with van der Waals surface area (Å²) in [6.45, 7) is 4.70. The largest absolute Gasteiger partial charge is 0.384 e. The van der Waals surface area contributed by atoms with Crippen LogP contribution in [0.1, 0.15) is 25.0 Å². The van der Waals surface area contributed by atoms with E-state index in [1.807, 2.05) is 37.3 Å². The van der Waals surface area contributed by atoms with Crippen molar-refractivity contribution < 1.29 is 10.0 Å². The second-order valence-corrected chi connectivity index (χ2v) is 6.07.